The number of hydrogen-bond donors (Lipinski definition) is 1. The molecular weight excluding hydrogens is 379 g/mol. The number of amides is 1. The van der Waals surface area contributed by atoms with Crippen molar-refractivity contribution in [2.24, 2.45) is 11.3 Å². The SMILES string of the molecule is O=C(Nc1cc(Cl)cc(Cl)c1)C1CC12CCN(CCc1ccccc1)CC2. The number of hydrogen-bond acceptors (Lipinski definition) is 2. The molecule has 27 heavy (non-hydrogen) atoms. The number of piperidine rings is 1. The van der Waals surface area contributed by atoms with Gasteiger partial charge in [0, 0.05) is 28.2 Å². The summed E-state index contributed by atoms with van der Waals surface area (Å²) >= 11 is 12.0. The Morgan fingerprint density at radius 3 is 2.41 bits per heavy atom. The number of nitrogens with zero attached hydrogens (tertiary/aromatic N) is 1. The lowest BCUT2D eigenvalue weighted by Crippen LogP contribution is -2.37. The molecule has 2 aliphatic rings. The number of carbonyl (C=O) groups is 1. The van der Waals surface area contributed by atoms with Crippen LogP contribution in [0.3, 0.4) is 0 Å². The standard InChI is InChI=1S/C22H24Cl2N2O/c23-17-12-18(24)14-19(13-17)25-21(27)20-15-22(20)7-10-26(11-8-22)9-6-16-4-2-1-3-5-16/h1-5,12-14,20H,6-11,15H2,(H,25,27). The van der Waals surface area contributed by atoms with E-state index in [-0.39, 0.29) is 17.2 Å². The first-order chi connectivity index (χ1) is 13.0. The zero-order valence-corrected chi connectivity index (χ0v) is 16.8. The Labute approximate surface area is 170 Å². The highest BCUT2D eigenvalue weighted by Gasteiger charge is 2.58. The van der Waals surface area contributed by atoms with Crippen molar-refractivity contribution >= 4 is 34.8 Å². The third kappa shape index (κ3) is 4.48. The molecule has 0 aromatic heterocycles. The summed E-state index contributed by atoms with van der Waals surface area (Å²) in [6.07, 6.45) is 4.30. The average molecular weight is 403 g/mol. The van der Waals surface area contributed by atoms with Crippen molar-refractivity contribution in [2.75, 3.05) is 25.0 Å². The van der Waals surface area contributed by atoms with Crippen molar-refractivity contribution in [1.29, 1.82) is 0 Å². The second-order valence-corrected chi connectivity index (χ2v) is 8.72. The molecule has 1 aliphatic heterocycles. The summed E-state index contributed by atoms with van der Waals surface area (Å²) < 4.78 is 0. The Hall–Kier alpha value is -1.55. The van der Waals surface area contributed by atoms with Crippen LogP contribution < -0.4 is 5.32 Å². The van der Waals surface area contributed by atoms with E-state index in [0.29, 0.717) is 15.7 Å². The lowest BCUT2D eigenvalue weighted by Gasteiger charge is -2.32. The predicted octanol–water partition coefficient (Wildman–Crippen LogP) is 5.28. The molecule has 1 atom stereocenters. The number of carbonyl (C=O) groups excluding carboxylic acids is 1. The van der Waals surface area contributed by atoms with Gasteiger partial charge in [0.25, 0.3) is 0 Å². The quantitative estimate of drug-likeness (QED) is 0.737. The summed E-state index contributed by atoms with van der Waals surface area (Å²) in [6, 6.07) is 15.8. The molecule has 5 heteroatoms. The van der Waals surface area contributed by atoms with Gasteiger partial charge in [0.1, 0.15) is 0 Å². The number of nitrogens with one attached hydrogen (secondary N) is 1. The molecule has 3 nitrogen and oxygen atoms in total. The Morgan fingerprint density at radius 1 is 1.07 bits per heavy atom. The molecular formula is C22H24Cl2N2O. The summed E-state index contributed by atoms with van der Waals surface area (Å²) in [5, 5.41) is 4.07. The van der Waals surface area contributed by atoms with Gasteiger partial charge in [-0.15, -0.1) is 0 Å². The maximum atomic E-state index is 12.7. The zero-order valence-electron chi connectivity index (χ0n) is 15.3. The maximum Gasteiger partial charge on any atom is 0.228 e. The van der Waals surface area contributed by atoms with Gasteiger partial charge in [-0.2, -0.15) is 0 Å². The molecule has 0 radical (unpaired) electrons. The molecule has 1 amide bonds. The molecule has 2 aromatic carbocycles. The van der Waals surface area contributed by atoms with Gasteiger partial charge in [0.2, 0.25) is 5.91 Å². The molecule has 1 heterocycles. The summed E-state index contributed by atoms with van der Waals surface area (Å²) in [7, 11) is 0. The lowest BCUT2D eigenvalue weighted by molar-refractivity contribution is -0.118. The molecule has 1 N–H and O–H groups in total. The molecule has 1 saturated carbocycles. The summed E-state index contributed by atoms with van der Waals surface area (Å²) in [5.74, 6) is 0.220. The van der Waals surface area contributed by atoms with Crippen molar-refractivity contribution in [3.63, 3.8) is 0 Å². The summed E-state index contributed by atoms with van der Waals surface area (Å²) in [6.45, 7) is 3.26. The smallest absolute Gasteiger partial charge is 0.228 e. The molecule has 1 saturated heterocycles. The summed E-state index contributed by atoms with van der Waals surface area (Å²) in [5.41, 5.74) is 2.27. The molecule has 2 aromatic rings. The van der Waals surface area contributed by atoms with Gasteiger partial charge >= 0.3 is 0 Å². The zero-order chi connectivity index (χ0) is 18.9. The Balaban J connectivity index is 1.26. The average Bonchev–Trinajstić information content (AvgIpc) is 3.35. The number of benzene rings is 2. The number of rotatable bonds is 5. The molecule has 0 bridgehead atoms. The van der Waals surface area contributed by atoms with Gasteiger partial charge in [-0.1, -0.05) is 53.5 Å². The van der Waals surface area contributed by atoms with Gasteiger partial charge in [-0.05, 0) is 68.0 Å². The van der Waals surface area contributed by atoms with Crippen molar-refractivity contribution in [1.82, 2.24) is 4.90 Å². The monoisotopic (exact) mass is 402 g/mol. The second kappa shape index (κ2) is 7.83. The molecule has 142 valence electrons. The Morgan fingerprint density at radius 2 is 1.74 bits per heavy atom. The van der Waals surface area contributed by atoms with E-state index in [1.807, 2.05) is 0 Å². The van der Waals surface area contributed by atoms with Crippen LogP contribution in [0.5, 0.6) is 0 Å². The van der Waals surface area contributed by atoms with E-state index in [9.17, 15) is 4.79 Å². The number of likely N-dealkylation sites (tertiary alicyclic amines) is 1. The van der Waals surface area contributed by atoms with Gasteiger partial charge in [0.05, 0.1) is 0 Å². The molecule has 1 unspecified atom stereocenters. The fraction of sp³-hybridized carbons (Fsp3) is 0.409. The first kappa shape index (κ1) is 18.8. The van der Waals surface area contributed by atoms with Gasteiger partial charge < -0.3 is 10.2 Å². The van der Waals surface area contributed by atoms with Gasteiger partial charge in [-0.3, -0.25) is 4.79 Å². The highest BCUT2D eigenvalue weighted by atomic mass is 35.5. The van der Waals surface area contributed by atoms with Crippen molar-refractivity contribution in [2.45, 2.75) is 25.7 Å². The first-order valence-electron chi connectivity index (χ1n) is 9.57. The van der Waals surface area contributed by atoms with Crippen LogP contribution in [0.15, 0.2) is 48.5 Å². The first-order valence-corrected chi connectivity index (χ1v) is 10.3. The Bertz CT molecular complexity index is 796. The third-order valence-corrected chi connectivity index (χ3v) is 6.48. The van der Waals surface area contributed by atoms with Crippen LogP contribution in [-0.2, 0) is 11.2 Å². The van der Waals surface area contributed by atoms with E-state index < -0.39 is 0 Å². The minimum Gasteiger partial charge on any atom is -0.326 e. The van der Waals surface area contributed by atoms with Crippen LogP contribution in [0.2, 0.25) is 10.0 Å². The fourth-order valence-corrected chi connectivity index (χ4v) is 4.81. The van der Waals surface area contributed by atoms with Crippen LogP contribution in [0.25, 0.3) is 0 Å². The maximum absolute atomic E-state index is 12.7. The van der Waals surface area contributed by atoms with E-state index in [1.54, 1.807) is 18.2 Å². The second-order valence-electron chi connectivity index (χ2n) is 7.84. The normalized spacial score (nSPS) is 21.2. The third-order valence-electron chi connectivity index (χ3n) is 6.05. The van der Waals surface area contributed by atoms with E-state index in [0.717, 1.165) is 45.3 Å². The Kier molecular flexibility index (Phi) is 5.45. The highest BCUT2D eigenvalue weighted by Crippen LogP contribution is 2.59. The molecule has 4 rings (SSSR count). The van der Waals surface area contributed by atoms with Crippen LogP contribution >= 0.6 is 23.2 Å². The van der Waals surface area contributed by atoms with Crippen LogP contribution in [0, 0.1) is 11.3 Å². The number of halogens is 2. The largest absolute Gasteiger partial charge is 0.326 e. The minimum absolute atomic E-state index is 0.103. The van der Waals surface area contributed by atoms with Crippen molar-refractivity contribution in [3.8, 4) is 0 Å². The molecule has 1 aliphatic carbocycles. The van der Waals surface area contributed by atoms with Crippen LogP contribution in [0.4, 0.5) is 5.69 Å². The van der Waals surface area contributed by atoms with Gasteiger partial charge in [-0.25, -0.2) is 0 Å². The van der Waals surface area contributed by atoms with E-state index in [4.69, 9.17) is 23.2 Å². The number of anilines is 1. The lowest BCUT2D eigenvalue weighted by atomic mass is 9.90. The summed E-state index contributed by atoms with van der Waals surface area (Å²) in [4.78, 5) is 15.2. The molecule has 2 fully saturated rings. The molecule has 1 spiro atoms. The van der Waals surface area contributed by atoms with E-state index >= 15 is 0 Å². The highest BCUT2D eigenvalue weighted by molar-refractivity contribution is 6.35. The van der Waals surface area contributed by atoms with Gasteiger partial charge in [0.15, 0.2) is 0 Å². The van der Waals surface area contributed by atoms with E-state index in [2.05, 4.69) is 40.5 Å². The minimum atomic E-state index is 0.103. The fourth-order valence-electron chi connectivity index (χ4n) is 4.28. The van der Waals surface area contributed by atoms with Crippen LogP contribution in [-0.4, -0.2) is 30.4 Å². The van der Waals surface area contributed by atoms with Crippen molar-refractivity contribution < 1.29 is 4.79 Å². The van der Waals surface area contributed by atoms with Crippen LogP contribution in [0.1, 0.15) is 24.8 Å². The predicted molar refractivity (Wildman–Crippen MR) is 111 cm³/mol. The van der Waals surface area contributed by atoms with Crippen molar-refractivity contribution in [3.05, 3.63) is 64.1 Å². The topological polar surface area (TPSA) is 32.3 Å². The van der Waals surface area contributed by atoms with E-state index in [1.165, 1.54) is 5.56 Å².